The van der Waals surface area contributed by atoms with E-state index in [0.29, 0.717) is 6.04 Å². The van der Waals surface area contributed by atoms with Crippen LogP contribution in [0.15, 0.2) is 41.2 Å². The number of piperazine rings is 1. The number of benzene rings is 1. The lowest BCUT2D eigenvalue weighted by Crippen LogP contribution is -2.52. The molecule has 2 aliphatic heterocycles. The number of anilines is 1. The van der Waals surface area contributed by atoms with E-state index in [-0.39, 0.29) is 42.1 Å². The Balaban J connectivity index is 1.20. The van der Waals surface area contributed by atoms with Gasteiger partial charge < -0.3 is 9.80 Å². The number of aromatic nitrogens is 2. The highest BCUT2D eigenvalue weighted by molar-refractivity contribution is 6.06. The van der Waals surface area contributed by atoms with Gasteiger partial charge in [-0.1, -0.05) is 37.5 Å². The smallest absolute Gasteiger partial charge is 0.278 e. The van der Waals surface area contributed by atoms with Gasteiger partial charge in [0.2, 0.25) is 5.91 Å². The first-order valence-corrected chi connectivity index (χ1v) is 13.0. The molecule has 1 aliphatic carbocycles. The van der Waals surface area contributed by atoms with Crippen molar-refractivity contribution in [3.05, 3.63) is 58.0 Å². The lowest BCUT2D eigenvalue weighted by Gasteiger charge is -2.40. The Kier molecular flexibility index (Phi) is 7.00. The summed E-state index contributed by atoms with van der Waals surface area (Å²) in [7, 11) is 0. The normalized spacial score (nSPS) is 21.2. The fraction of sp³-hybridized carbons (Fsp3) is 0.556. The van der Waals surface area contributed by atoms with E-state index in [0.717, 1.165) is 43.9 Å². The van der Waals surface area contributed by atoms with Crippen LogP contribution in [0.25, 0.3) is 0 Å². The molecule has 5 rings (SSSR count). The first-order valence-electron chi connectivity index (χ1n) is 13.0. The van der Waals surface area contributed by atoms with Gasteiger partial charge in [0.05, 0.1) is 6.54 Å². The Hall–Kier alpha value is -3.00. The summed E-state index contributed by atoms with van der Waals surface area (Å²) in [4.78, 5) is 44.8. The van der Waals surface area contributed by atoms with Crippen molar-refractivity contribution in [1.29, 1.82) is 0 Å². The molecular formula is C27H35N5O3. The molecule has 1 saturated carbocycles. The number of carbonyl (C=O) groups is 2. The minimum atomic E-state index is -0.300. The number of nitrogens with zero attached hydrogens (tertiary/aromatic N) is 5. The zero-order chi connectivity index (χ0) is 24.4. The monoisotopic (exact) mass is 477 g/mol. The van der Waals surface area contributed by atoms with Crippen LogP contribution in [0.2, 0.25) is 0 Å². The maximum Gasteiger partial charge on any atom is 0.278 e. The third-order valence-electron chi connectivity index (χ3n) is 7.81. The van der Waals surface area contributed by atoms with Crippen LogP contribution in [-0.2, 0) is 17.8 Å². The van der Waals surface area contributed by atoms with Crippen molar-refractivity contribution in [2.24, 2.45) is 0 Å². The Morgan fingerprint density at radius 1 is 0.971 bits per heavy atom. The van der Waals surface area contributed by atoms with Gasteiger partial charge in [-0.05, 0) is 43.9 Å². The minimum absolute atomic E-state index is 0.0240. The molecule has 186 valence electrons. The van der Waals surface area contributed by atoms with Gasteiger partial charge in [-0.15, -0.1) is 0 Å². The third kappa shape index (κ3) is 5.03. The van der Waals surface area contributed by atoms with Gasteiger partial charge in [-0.25, -0.2) is 4.68 Å². The minimum Gasteiger partial charge on any atom is -0.340 e. The number of hydrogen-bond acceptors (Lipinski definition) is 5. The van der Waals surface area contributed by atoms with E-state index < -0.39 is 0 Å². The molecule has 1 aromatic heterocycles. The number of hydrogen-bond donors (Lipinski definition) is 0. The molecule has 2 aromatic rings. The zero-order valence-corrected chi connectivity index (χ0v) is 20.6. The number of aryl methyl sites for hydroxylation is 1. The van der Waals surface area contributed by atoms with Crippen LogP contribution >= 0.6 is 0 Å². The second-order valence-electron chi connectivity index (χ2n) is 10.1. The molecule has 2 fully saturated rings. The summed E-state index contributed by atoms with van der Waals surface area (Å²) in [6.07, 6.45) is 7.53. The van der Waals surface area contributed by atoms with Crippen molar-refractivity contribution in [1.82, 2.24) is 19.6 Å². The van der Waals surface area contributed by atoms with Crippen LogP contribution in [0.1, 0.15) is 61.5 Å². The van der Waals surface area contributed by atoms with E-state index in [1.165, 1.54) is 48.9 Å². The average molecular weight is 478 g/mol. The highest BCUT2D eigenvalue weighted by Crippen LogP contribution is 2.32. The van der Waals surface area contributed by atoms with E-state index in [1.54, 1.807) is 4.90 Å². The van der Waals surface area contributed by atoms with Gasteiger partial charge >= 0.3 is 0 Å². The van der Waals surface area contributed by atoms with Gasteiger partial charge in [-0.2, -0.15) is 5.10 Å². The molecule has 0 bridgehead atoms. The van der Waals surface area contributed by atoms with Crippen molar-refractivity contribution >= 4 is 17.5 Å². The largest absolute Gasteiger partial charge is 0.340 e. The molecule has 35 heavy (non-hydrogen) atoms. The zero-order valence-electron chi connectivity index (χ0n) is 20.6. The first-order chi connectivity index (χ1) is 17.0. The molecule has 3 aliphatic rings. The molecule has 2 amide bonds. The predicted octanol–water partition coefficient (Wildman–Crippen LogP) is 2.70. The lowest BCUT2D eigenvalue weighted by atomic mass is 9.94. The van der Waals surface area contributed by atoms with E-state index in [1.807, 2.05) is 36.1 Å². The highest BCUT2D eigenvalue weighted by atomic mass is 16.2. The van der Waals surface area contributed by atoms with Crippen LogP contribution < -0.4 is 10.5 Å². The summed E-state index contributed by atoms with van der Waals surface area (Å²) in [6.45, 7) is 5.52. The molecule has 0 spiro atoms. The Labute approximate surface area is 206 Å². The standard InChI is InChI=1S/C27H35N5O3/c1-20-19-21-7-5-6-10-24(21)32(20)27(35)23-11-12-26(34)31(28-23)14-13-25(33)30-17-15-29(16-18-30)22-8-3-2-4-9-22/h5-7,10-12,20,22H,2-4,8-9,13-19H2,1H3/t20-/m0/s1. The van der Waals surface area contributed by atoms with E-state index >= 15 is 0 Å². The molecule has 1 atom stereocenters. The van der Waals surface area contributed by atoms with Gasteiger partial charge in [0.15, 0.2) is 0 Å². The third-order valence-corrected chi connectivity index (χ3v) is 7.81. The number of fused-ring (bicyclic) bond motifs is 1. The summed E-state index contributed by atoms with van der Waals surface area (Å²) in [5.41, 5.74) is 1.95. The molecule has 8 nitrogen and oxygen atoms in total. The maximum atomic E-state index is 13.3. The Morgan fingerprint density at radius 2 is 1.71 bits per heavy atom. The topological polar surface area (TPSA) is 78.8 Å². The Bertz CT molecular complexity index is 1130. The second-order valence-corrected chi connectivity index (χ2v) is 10.1. The summed E-state index contributed by atoms with van der Waals surface area (Å²) in [5, 5.41) is 4.35. The van der Waals surface area contributed by atoms with Gasteiger partial charge in [0, 0.05) is 56.4 Å². The van der Waals surface area contributed by atoms with E-state index in [9.17, 15) is 14.4 Å². The molecule has 0 unspecified atom stereocenters. The van der Waals surface area contributed by atoms with Crippen molar-refractivity contribution < 1.29 is 9.59 Å². The summed E-state index contributed by atoms with van der Waals surface area (Å²) in [6, 6.07) is 11.4. The molecule has 8 heteroatoms. The number of para-hydroxylation sites is 1. The number of carbonyl (C=O) groups excluding carboxylic acids is 2. The molecule has 0 radical (unpaired) electrons. The van der Waals surface area contributed by atoms with Crippen LogP contribution in [0, 0.1) is 0 Å². The van der Waals surface area contributed by atoms with Crippen molar-refractivity contribution in [2.75, 3.05) is 31.1 Å². The van der Waals surface area contributed by atoms with Gasteiger partial charge in [-0.3, -0.25) is 19.3 Å². The summed E-state index contributed by atoms with van der Waals surface area (Å²) >= 11 is 0. The van der Waals surface area contributed by atoms with Crippen LogP contribution in [0.5, 0.6) is 0 Å². The molecular weight excluding hydrogens is 442 g/mol. The van der Waals surface area contributed by atoms with E-state index in [4.69, 9.17) is 0 Å². The summed E-state index contributed by atoms with van der Waals surface area (Å²) in [5.74, 6) is -0.179. The van der Waals surface area contributed by atoms with Crippen molar-refractivity contribution in [3.63, 3.8) is 0 Å². The van der Waals surface area contributed by atoms with Crippen LogP contribution in [-0.4, -0.2) is 69.7 Å². The fourth-order valence-electron chi connectivity index (χ4n) is 5.86. The summed E-state index contributed by atoms with van der Waals surface area (Å²) < 4.78 is 1.26. The second kappa shape index (κ2) is 10.3. The van der Waals surface area contributed by atoms with Crippen molar-refractivity contribution in [3.8, 4) is 0 Å². The van der Waals surface area contributed by atoms with Crippen LogP contribution in [0.3, 0.4) is 0 Å². The van der Waals surface area contributed by atoms with E-state index in [2.05, 4.69) is 10.00 Å². The highest BCUT2D eigenvalue weighted by Gasteiger charge is 2.32. The first kappa shape index (κ1) is 23.7. The Morgan fingerprint density at radius 3 is 2.49 bits per heavy atom. The lowest BCUT2D eigenvalue weighted by molar-refractivity contribution is -0.133. The quantitative estimate of drug-likeness (QED) is 0.662. The molecule has 0 N–H and O–H groups in total. The maximum absolute atomic E-state index is 13.3. The van der Waals surface area contributed by atoms with Crippen LogP contribution in [0.4, 0.5) is 5.69 Å². The SMILES string of the molecule is C[C@H]1Cc2ccccc2N1C(=O)c1ccc(=O)n(CCC(=O)N2CCN(C3CCCCC3)CC2)n1. The number of amides is 2. The average Bonchev–Trinajstić information content (AvgIpc) is 3.23. The number of rotatable bonds is 5. The molecule has 1 saturated heterocycles. The predicted molar refractivity (Wildman–Crippen MR) is 135 cm³/mol. The molecule has 1 aromatic carbocycles. The van der Waals surface area contributed by atoms with Crippen molar-refractivity contribution in [2.45, 2.75) is 70.5 Å². The van der Waals surface area contributed by atoms with Gasteiger partial charge in [0.25, 0.3) is 11.5 Å². The fourth-order valence-corrected chi connectivity index (χ4v) is 5.86. The molecule has 3 heterocycles. The van der Waals surface area contributed by atoms with Gasteiger partial charge in [0.1, 0.15) is 5.69 Å².